The fourth-order valence-electron chi connectivity index (χ4n) is 3.80. The SMILES string of the molecule is C=N/C(CC(/C=C\C=O)=C/NC)=N\NCc1ccc(-c2cccc(CN3CCS(=O)CC3)c2)cc1. The molecule has 0 atom stereocenters. The first-order valence-electron chi connectivity index (χ1n) is 11.6. The zero-order valence-electron chi connectivity index (χ0n) is 20.2. The molecule has 2 aromatic rings. The van der Waals surface area contributed by atoms with Crippen molar-refractivity contribution in [1.29, 1.82) is 0 Å². The number of aliphatic imine (C=N–C) groups is 1. The average Bonchev–Trinajstić information content (AvgIpc) is 2.88. The number of nitrogens with one attached hydrogen (secondary N) is 2. The van der Waals surface area contributed by atoms with E-state index in [0.717, 1.165) is 54.1 Å². The van der Waals surface area contributed by atoms with Crippen LogP contribution in [0.1, 0.15) is 17.5 Å². The van der Waals surface area contributed by atoms with Crippen molar-refractivity contribution in [2.75, 3.05) is 31.6 Å². The van der Waals surface area contributed by atoms with Gasteiger partial charge in [-0.25, -0.2) is 4.99 Å². The van der Waals surface area contributed by atoms with Gasteiger partial charge in [-0.1, -0.05) is 48.5 Å². The summed E-state index contributed by atoms with van der Waals surface area (Å²) in [5.41, 5.74) is 8.65. The molecule has 0 spiro atoms. The standard InChI is InChI=1S/C27H33N5O2S/c1-28-19-23(6-4-14-33)18-27(29-2)31-30-20-22-8-10-25(11-9-22)26-7-3-5-24(17-26)21-32-12-15-35(34)16-13-32/h3-11,14,17,19,28,30H,2,12-13,15-16,18,20-21H2,1H3/b6-4-,23-19+,31-27-. The van der Waals surface area contributed by atoms with Gasteiger partial charge in [-0.3, -0.25) is 13.9 Å². The van der Waals surface area contributed by atoms with Crippen LogP contribution in [-0.4, -0.2) is 59.6 Å². The summed E-state index contributed by atoms with van der Waals surface area (Å²) in [7, 11) is 1.15. The lowest BCUT2D eigenvalue weighted by Crippen LogP contribution is -2.37. The molecule has 1 aliphatic heterocycles. The number of carbonyl (C=O) groups excluding carboxylic acids is 1. The summed E-state index contributed by atoms with van der Waals surface area (Å²) in [5.74, 6) is 2.08. The van der Waals surface area contributed by atoms with Crippen LogP contribution in [0.25, 0.3) is 11.1 Å². The van der Waals surface area contributed by atoms with Gasteiger partial charge in [-0.2, -0.15) is 5.10 Å². The summed E-state index contributed by atoms with van der Waals surface area (Å²) in [5, 5.41) is 7.29. The molecule has 8 heteroatoms. The van der Waals surface area contributed by atoms with Gasteiger partial charge in [0.05, 0.1) is 6.54 Å². The van der Waals surface area contributed by atoms with Gasteiger partial charge in [0, 0.05) is 55.4 Å². The van der Waals surface area contributed by atoms with Gasteiger partial charge in [0.2, 0.25) is 0 Å². The predicted molar refractivity (Wildman–Crippen MR) is 146 cm³/mol. The Morgan fingerprint density at radius 1 is 1.11 bits per heavy atom. The number of hydrogen-bond acceptors (Lipinski definition) is 6. The highest BCUT2D eigenvalue weighted by Crippen LogP contribution is 2.22. The van der Waals surface area contributed by atoms with Gasteiger partial charge in [0.25, 0.3) is 0 Å². The molecule has 35 heavy (non-hydrogen) atoms. The fraction of sp³-hybridized carbons (Fsp3) is 0.296. The van der Waals surface area contributed by atoms with Gasteiger partial charge in [0.1, 0.15) is 6.29 Å². The monoisotopic (exact) mass is 491 g/mol. The first-order chi connectivity index (χ1) is 17.1. The van der Waals surface area contributed by atoms with E-state index in [2.05, 4.69) is 81.0 Å². The third-order valence-corrected chi connectivity index (χ3v) is 6.92. The number of aldehydes is 1. The molecule has 2 N–H and O–H groups in total. The first kappa shape index (κ1) is 26.2. The Balaban J connectivity index is 1.57. The molecule has 3 rings (SSSR count). The third kappa shape index (κ3) is 8.73. The molecule has 7 nitrogen and oxygen atoms in total. The zero-order chi connectivity index (χ0) is 24.9. The summed E-state index contributed by atoms with van der Waals surface area (Å²) in [4.78, 5) is 17.0. The molecule has 2 aromatic carbocycles. The van der Waals surface area contributed by atoms with Crippen LogP contribution in [0.2, 0.25) is 0 Å². The van der Waals surface area contributed by atoms with E-state index in [-0.39, 0.29) is 0 Å². The Morgan fingerprint density at radius 2 is 1.89 bits per heavy atom. The molecule has 1 heterocycles. The second-order valence-corrected chi connectivity index (χ2v) is 9.92. The lowest BCUT2D eigenvalue weighted by molar-refractivity contribution is -0.104. The minimum Gasteiger partial charge on any atom is -0.394 e. The first-order valence-corrected chi connectivity index (χ1v) is 13.1. The van der Waals surface area contributed by atoms with Crippen LogP contribution in [0.5, 0.6) is 0 Å². The van der Waals surface area contributed by atoms with E-state index in [1.807, 2.05) is 0 Å². The molecule has 0 amide bonds. The molecule has 0 saturated carbocycles. The maximum Gasteiger partial charge on any atom is 0.151 e. The predicted octanol–water partition coefficient (Wildman–Crippen LogP) is 3.27. The van der Waals surface area contributed by atoms with Crippen LogP contribution >= 0.6 is 0 Å². The van der Waals surface area contributed by atoms with Crippen molar-refractivity contribution < 1.29 is 9.00 Å². The molecule has 1 fully saturated rings. The second kappa shape index (κ2) is 14.1. The van der Waals surface area contributed by atoms with Crippen LogP contribution in [0.3, 0.4) is 0 Å². The van der Waals surface area contributed by atoms with Crippen molar-refractivity contribution in [3.63, 3.8) is 0 Å². The number of rotatable bonds is 11. The Hall–Kier alpha value is -3.36. The van der Waals surface area contributed by atoms with E-state index < -0.39 is 10.8 Å². The van der Waals surface area contributed by atoms with E-state index in [1.54, 1.807) is 19.3 Å². The van der Waals surface area contributed by atoms with Gasteiger partial charge in [-0.05, 0) is 52.9 Å². The molecule has 0 radical (unpaired) electrons. The quantitative estimate of drug-likeness (QED) is 0.126. The summed E-state index contributed by atoms with van der Waals surface area (Å²) >= 11 is 0. The van der Waals surface area contributed by atoms with Crippen LogP contribution in [0.15, 0.2) is 82.5 Å². The largest absolute Gasteiger partial charge is 0.394 e. The molecule has 0 aromatic heterocycles. The van der Waals surface area contributed by atoms with Crippen molar-refractivity contribution >= 4 is 29.6 Å². The maximum atomic E-state index is 11.6. The smallest absolute Gasteiger partial charge is 0.151 e. The number of hydrogen-bond donors (Lipinski definition) is 2. The van der Waals surface area contributed by atoms with Crippen molar-refractivity contribution in [1.82, 2.24) is 15.6 Å². The number of allylic oxidation sites excluding steroid dienone is 2. The minimum absolute atomic E-state index is 0.451. The van der Waals surface area contributed by atoms with E-state index in [0.29, 0.717) is 18.8 Å². The molecule has 1 aliphatic rings. The Bertz CT molecular complexity index is 1100. The minimum atomic E-state index is -0.649. The van der Waals surface area contributed by atoms with Crippen molar-refractivity contribution in [3.8, 4) is 11.1 Å². The highest BCUT2D eigenvalue weighted by atomic mass is 32.2. The molecule has 184 valence electrons. The van der Waals surface area contributed by atoms with E-state index in [9.17, 15) is 9.00 Å². The van der Waals surface area contributed by atoms with Crippen molar-refractivity contribution in [3.05, 3.63) is 83.6 Å². The number of nitrogens with zero attached hydrogens (tertiary/aromatic N) is 3. The normalized spacial score (nSPS) is 15.8. The van der Waals surface area contributed by atoms with Crippen LogP contribution in [-0.2, 0) is 28.7 Å². The van der Waals surface area contributed by atoms with Gasteiger partial charge in [-0.15, -0.1) is 0 Å². The highest BCUT2D eigenvalue weighted by Gasteiger charge is 2.15. The van der Waals surface area contributed by atoms with Crippen LogP contribution in [0.4, 0.5) is 0 Å². The van der Waals surface area contributed by atoms with E-state index in [4.69, 9.17) is 0 Å². The Kier molecular flexibility index (Phi) is 10.6. The van der Waals surface area contributed by atoms with Gasteiger partial charge in [0.15, 0.2) is 5.84 Å². The third-order valence-electron chi connectivity index (χ3n) is 5.65. The van der Waals surface area contributed by atoms with Crippen molar-refractivity contribution in [2.45, 2.75) is 19.5 Å². The van der Waals surface area contributed by atoms with Crippen molar-refractivity contribution in [2.24, 2.45) is 10.1 Å². The molecule has 0 bridgehead atoms. The Labute approximate surface area is 210 Å². The maximum absolute atomic E-state index is 11.6. The van der Waals surface area contributed by atoms with Gasteiger partial charge < -0.3 is 10.7 Å². The highest BCUT2D eigenvalue weighted by molar-refractivity contribution is 7.85. The number of hydrazone groups is 1. The number of benzene rings is 2. The van der Waals surface area contributed by atoms with Crippen LogP contribution in [0, 0.1) is 0 Å². The molecular weight excluding hydrogens is 458 g/mol. The molecular formula is C27H33N5O2S. The van der Waals surface area contributed by atoms with Crippen LogP contribution < -0.4 is 10.7 Å². The number of amidine groups is 1. The lowest BCUT2D eigenvalue weighted by atomic mass is 10.0. The number of carbonyl (C=O) groups is 1. The second-order valence-electron chi connectivity index (χ2n) is 8.22. The van der Waals surface area contributed by atoms with E-state index >= 15 is 0 Å². The summed E-state index contributed by atoms with van der Waals surface area (Å²) < 4.78 is 11.6. The van der Waals surface area contributed by atoms with E-state index in [1.165, 1.54) is 17.2 Å². The summed E-state index contributed by atoms with van der Waals surface area (Å²) in [6.45, 7) is 6.83. The average molecular weight is 492 g/mol. The summed E-state index contributed by atoms with van der Waals surface area (Å²) in [6.07, 6.45) is 6.13. The van der Waals surface area contributed by atoms with Gasteiger partial charge >= 0.3 is 0 Å². The molecule has 0 aliphatic carbocycles. The fourth-order valence-corrected chi connectivity index (χ4v) is 4.93. The lowest BCUT2D eigenvalue weighted by Gasteiger charge is -2.26. The summed E-state index contributed by atoms with van der Waals surface area (Å²) in [6, 6.07) is 17.0. The zero-order valence-corrected chi connectivity index (χ0v) is 21.0. The Morgan fingerprint density at radius 3 is 2.57 bits per heavy atom. The molecule has 0 unspecified atom stereocenters. The molecule has 1 saturated heterocycles. The topological polar surface area (TPSA) is 86.2 Å².